The van der Waals surface area contributed by atoms with Gasteiger partial charge in [0.15, 0.2) is 0 Å². The van der Waals surface area contributed by atoms with Crippen molar-refractivity contribution in [3.05, 3.63) is 23.3 Å². The monoisotopic (exact) mass is 556 g/mol. The van der Waals surface area contributed by atoms with E-state index >= 15 is 0 Å². The summed E-state index contributed by atoms with van der Waals surface area (Å²) < 4.78 is 6.33. The second-order valence-corrected chi connectivity index (χ2v) is 16.9. The van der Waals surface area contributed by atoms with Crippen molar-refractivity contribution in [2.45, 2.75) is 132 Å². The van der Waals surface area contributed by atoms with Gasteiger partial charge in [-0.15, -0.1) is 0 Å². The Labute approximate surface area is 242 Å². The third kappa shape index (κ3) is 3.99. The molecular weight excluding hydrogens is 500 g/mol. The minimum Gasteiger partial charge on any atom is -0.458 e. The van der Waals surface area contributed by atoms with Crippen LogP contribution in [-0.2, 0) is 9.53 Å². The van der Waals surface area contributed by atoms with E-state index in [0.717, 1.165) is 44.1 Å². The van der Waals surface area contributed by atoms with Crippen molar-refractivity contribution in [2.75, 3.05) is 6.61 Å². The SMILES string of the molecule is CC(C)=CC(=O)O[C@@H]1C[C@]2(C)C(=CC[C@H]3[C@@]4(C)CC[C@H](O)C(C)(C)[C@@H]4CC[C@]32C)[C@@H]2CC(C)(C)C[C@H](O)[C@]12CO. The molecule has 0 aromatic heterocycles. The van der Waals surface area contributed by atoms with E-state index in [1.54, 1.807) is 6.08 Å². The van der Waals surface area contributed by atoms with Crippen LogP contribution in [0.15, 0.2) is 23.3 Å². The molecule has 0 unspecified atom stereocenters. The molecule has 10 atom stereocenters. The standard InChI is InChI=1S/C35H56O5/c1-21(2)16-29(39)40-28-19-34(9)22(23-17-30(3,4)18-27(38)35(23,28)20-36)10-11-25-32(7)14-13-26(37)31(5,6)24(32)12-15-33(25,34)8/h10,16,23-28,36-38H,11-15,17-20H2,1-9H3/t23-,24-,25-,26-,27-,28+,32-,33+,34+,35+/m0/s1. The maximum absolute atomic E-state index is 13.2. The molecule has 4 fully saturated rings. The Balaban J connectivity index is 1.65. The largest absolute Gasteiger partial charge is 0.458 e. The summed E-state index contributed by atoms with van der Waals surface area (Å²) in [6.45, 7) is 20.0. The van der Waals surface area contributed by atoms with Gasteiger partial charge in [-0.05, 0) is 110 Å². The fourth-order valence-corrected chi connectivity index (χ4v) is 11.5. The fourth-order valence-electron chi connectivity index (χ4n) is 11.5. The summed E-state index contributed by atoms with van der Waals surface area (Å²) in [6, 6.07) is 0. The second-order valence-electron chi connectivity index (χ2n) is 16.9. The summed E-state index contributed by atoms with van der Waals surface area (Å²) >= 11 is 0. The molecule has 0 aromatic rings. The molecule has 5 rings (SSSR count). The summed E-state index contributed by atoms with van der Waals surface area (Å²) in [5.41, 5.74) is 1.05. The summed E-state index contributed by atoms with van der Waals surface area (Å²) in [4.78, 5) is 13.2. The lowest BCUT2D eigenvalue weighted by molar-refractivity contribution is -0.240. The smallest absolute Gasteiger partial charge is 0.330 e. The fraction of sp³-hybridized carbons (Fsp3) is 0.857. The highest BCUT2D eigenvalue weighted by Crippen LogP contribution is 2.75. The van der Waals surface area contributed by atoms with E-state index in [0.29, 0.717) is 24.7 Å². The van der Waals surface area contributed by atoms with Crippen molar-refractivity contribution in [1.29, 1.82) is 0 Å². The molecule has 0 aliphatic heterocycles. The molecule has 0 saturated heterocycles. The molecule has 4 saturated carbocycles. The van der Waals surface area contributed by atoms with Gasteiger partial charge in [0.2, 0.25) is 0 Å². The third-order valence-corrected chi connectivity index (χ3v) is 13.8. The lowest BCUT2D eigenvalue weighted by Crippen LogP contribution is -2.69. The van der Waals surface area contributed by atoms with E-state index in [-0.39, 0.29) is 51.7 Å². The summed E-state index contributed by atoms with van der Waals surface area (Å²) in [5, 5.41) is 33.9. The highest BCUT2D eigenvalue weighted by Gasteiger charge is 2.71. The Hall–Kier alpha value is -1.17. The Morgan fingerprint density at radius 2 is 1.62 bits per heavy atom. The van der Waals surface area contributed by atoms with E-state index in [4.69, 9.17) is 4.74 Å². The average molecular weight is 557 g/mol. The van der Waals surface area contributed by atoms with Crippen molar-refractivity contribution >= 4 is 5.97 Å². The van der Waals surface area contributed by atoms with Gasteiger partial charge in [0, 0.05) is 6.08 Å². The van der Waals surface area contributed by atoms with Crippen LogP contribution in [0.1, 0.15) is 114 Å². The molecule has 0 spiro atoms. The highest BCUT2D eigenvalue weighted by molar-refractivity contribution is 5.82. The maximum Gasteiger partial charge on any atom is 0.330 e. The normalized spacial score (nSPS) is 48.9. The molecule has 5 aliphatic rings. The zero-order chi connectivity index (χ0) is 29.7. The molecule has 3 N–H and O–H groups in total. The molecule has 0 bridgehead atoms. The third-order valence-electron chi connectivity index (χ3n) is 13.8. The van der Waals surface area contributed by atoms with Gasteiger partial charge in [0.25, 0.3) is 0 Å². The van der Waals surface area contributed by atoms with Crippen LogP contribution in [0.3, 0.4) is 0 Å². The van der Waals surface area contributed by atoms with Gasteiger partial charge in [-0.3, -0.25) is 0 Å². The van der Waals surface area contributed by atoms with Crippen LogP contribution in [-0.4, -0.2) is 46.2 Å². The summed E-state index contributed by atoms with van der Waals surface area (Å²) in [6.07, 6.45) is 9.57. The van der Waals surface area contributed by atoms with Crippen LogP contribution in [0, 0.1) is 50.2 Å². The van der Waals surface area contributed by atoms with E-state index < -0.39 is 17.6 Å². The molecule has 5 heteroatoms. The maximum atomic E-state index is 13.2. The van der Waals surface area contributed by atoms with Crippen LogP contribution in [0.25, 0.3) is 0 Å². The van der Waals surface area contributed by atoms with Gasteiger partial charge in [-0.25, -0.2) is 4.79 Å². The quantitative estimate of drug-likeness (QED) is 0.207. The predicted molar refractivity (Wildman–Crippen MR) is 158 cm³/mol. The van der Waals surface area contributed by atoms with Gasteiger partial charge < -0.3 is 20.1 Å². The molecule has 226 valence electrons. The van der Waals surface area contributed by atoms with Crippen molar-refractivity contribution in [1.82, 2.24) is 0 Å². The van der Waals surface area contributed by atoms with Crippen molar-refractivity contribution in [3.8, 4) is 0 Å². The minimum absolute atomic E-state index is 0.0178. The number of aliphatic hydroxyl groups excluding tert-OH is 3. The summed E-state index contributed by atoms with van der Waals surface area (Å²) in [5.74, 6) is 0.493. The van der Waals surface area contributed by atoms with Gasteiger partial charge in [-0.2, -0.15) is 0 Å². The lowest BCUT2D eigenvalue weighted by atomic mass is 9.33. The first-order chi connectivity index (χ1) is 18.4. The zero-order valence-corrected chi connectivity index (χ0v) is 26.6. The molecule has 5 nitrogen and oxygen atoms in total. The number of hydrogen-bond donors (Lipinski definition) is 3. The van der Waals surface area contributed by atoms with Gasteiger partial charge in [0.1, 0.15) is 6.10 Å². The van der Waals surface area contributed by atoms with E-state index in [9.17, 15) is 20.1 Å². The van der Waals surface area contributed by atoms with Crippen molar-refractivity contribution in [3.63, 3.8) is 0 Å². The number of aliphatic hydroxyl groups is 3. The Morgan fingerprint density at radius 1 is 0.950 bits per heavy atom. The lowest BCUT2D eigenvalue weighted by Gasteiger charge is -2.72. The van der Waals surface area contributed by atoms with E-state index in [2.05, 4.69) is 54.5 Å². The van der Waals surface area contributed by atoms with Crippen LogP contribution >= 0.6 is 0 Å². The molecular formula is C35H56O5. The number of esters is 1. The number of carbonyl (C=O) groups is 1. The van der Waals surface area contributed by atoms with Crippen LogP contribution in [0.5, 0.6) is 0 Å². The topological polar surface area (TPSA) is 87.0 Å². The van der Waals surface area contributed by atoms with Gasteiger partial charge in [0.05, 0.1) is 24.2 Å². The first kappa shape index (κ1) is 30.3. The number of allylic oxidation sites excluding steroid dienone is 3. The molecule has 0 aromatic carbocycles. The van der Waals surface area contributed by atoms with Gasteiger partial charge in [-0.1, -0.05) is 65.7 Å². The van der Waals surface area contributed by atoms with Crippen molar-refractivity contribution < 1.29 is 24.9 Å². The molecule has 0 radical (unpaired) electrons. The van der Waals surface area contributed by atoms with E-state index in [1.165, 1.54) is 5.57 Å². The van der Waals surface area contributed by atoms with Crippen LogP contribution in [0.4, 0.5) is 0 Å². The molecule has 40 heavy (non-hydrogen) atoms. The Morgan fingerprint density at radius 3 is 2.25 bits per heavy atom. The number of ether oxygens (including phenoxy) is 1. The highest BCUT2D eigenvalue weighted by atomic mass is 16.5. The number of fused-ring (bicyclic) bond motifs is 7. The molecule has 0 amide bonds. The first-order valence-electron chi connectivity index (χ1n) is 15.9. The number of hydrogen-bond acceptors (Lipinski definition) is 5. The molecule has 0 heterocycles. The van der Waals surface area contributed by atoms with Gasteiger partial charge >= 0.3 is 5.97 Å². The Kier molecular flexibility index (Phi) is 7.13. The molecule has 5 aliphatic carbocycles. The van der Waals surface area contributed by atoms with E-state index in [1.807, 2.05) is 13.8 Å². The second kappa shape index (κ2) is 9.41. The number of carbonyl (C=O) groups excluding carboxylic acids is 1. The predicted octanol–water partition coefficient (Wildman–Crippen LogP) is 6.60. The van der Waals surface area contributed by atoms with Crippen molar-refractivity contribution in [2.24, 2.45) is 50.2 Å². The van der Waals surface area contributed by atoms with Crippen LogP contribution in [0.2, 0.25) is 0 Å². The first-order valence-corrected chi connectivity index (χ1v) is 15.9. The zero-order valence-electron chi connectivity index (χ0n) is 26.6. The average Bonchev–Trinajstić information content (AvgIpc) is 2.81. The summed E-state index contributed by atoms with van der Waals surface area (Å²) in [7, 11) is 0. The van der Waals surface area contributed by atoms with Crippen LogP contribution < -0.4 is 0 Å². The minimum atomic E-state index is -0.896. The Bertz CT molecular complexity index is 1100. The number of rotatable bonds is 3.